The van der Waals surface area contributed by atoms with Crippen molar-refractivity contribution in [3.05, 3.63) is 30.2 Å². The minimum Gasteiger partial charge on any atom is -0.423 e. The first kappa shape index (κ1) is 12.2. The summed E-state index contributed by atoms with van der Waals surface area (Å²) in [5, 5.41) is 11.3. The molecule has 0 saturated heterocycles. The van der Waals surface area contributed by atoms with Gasteiger partial charge in [-0.1, -0.05) is 6.92 Å². The number of nitrogens with one attached hydrogen (secondary N) is 1. The minimum atomic E-state index is 0.470. The van der Waals surface area contributed by atoms with Gasteiger partial charge in [-0.3, -0.25) is 0 Å². The van der Waals surface area contributed by atoms with Gasteiger partial charge in [0.1, 0.15) is 0 Å². The first-order valence-electron chi connectivity index (χ1n) is 6.72. The largest absolute Gasteiger partial charge is 0.423 e. The number of aryl methyl sites for hydroxylation is 1. The maximum absolute atomic E-state index is 5.22. The molecule has 1 aliphatic rings. The van der Waals surface area contributed by atoms with Crippen molar-refractivity contribution in [3.8, 4) is 11.5 Å². The lowest BCUT2D eigenvalue weighted by Crippen LogP contribution is -2.25. The molecular formula is C15H19N3O. The SMILES string of the molecule is Cc1cc(-c2nnco2)ccc1NC(C)C1(C)CC1. The maximum Gasteiger partial charge on any atom is 0.247 e. The van der Waals surface area contributed by atoms with Crippen molar-refractivity contribution in [1.29, 1.82) is 0 Å². The van der Waals surface area contributed by atoms with Crippen LogP contribution in [0.25, 0.3) is 11.5 Å². The molecule has 4 heteroatoms. The van der Waals surface area contributed by atoms with Crippen LogP contribution in [0.1, 0.15) is 32.3 Å². The number of nitrogens with zero attached hydrogens (tertiary/aromatic N) is 2. The monoisotopic (exact) mass is 257 g/mol. The number of hydrogen-bond donors (Lipinski definition) is 1. The van der Waals surface area contributed by atoms with Crippen molar-refractivity contribution in [1.82, 2.24) is 10.2 Å². The Morgan fingerprint density at radius 3 is 2.74 bits per heavy atom. The predicted molar refractivity (Wildman–Crippen MR) is 74.9 cm³/mol. The predicted octanol–water partition coefficient (Wildman–Crippen LogP) is 3.65. The molecular weight excluding hydrogens is 238 g/mol. The fraction of sp³-hybridized carbons (Fsp3) is 0.467. The summed E-state index contributed by atoms with van der Waals surface area (Å²) in [7, 11) is 0. The molecule has 1 saturated carbocycles. The fourth-order valence-electron chi connectivity index (χ4n) is 2.30. The maximum atomic E-state index is 5.22. The van der Waals surface area contributed by atoms with Crippen molar-refractivity contribution >= 4 is 5.69 Å². The van der Waals surface area contributed by atoms with Crippen LogP contribution in [0.3, 0.4) is 0 Å². The highest BCUT2D eigenvalue weighted by atomic mass is 16.4. The number of rotatable bonds is 4. The number of benzene rings is 1. The van der Waals surface area contributed by atoms with E-state index in [1.54, 1.807) is 0 Å². The lowest BCUT2D eigenvalue weighted by molar-refractivity contribution is 0.493. The van der Waals surface area contributed by atoms with Crippen molar-refractivity contribution in [2.75, 3.05) is 5.32 Å². The number of hydrogen-bond acceptors (Lipinski definition) is 4. The van der Waals surface area contributed by atoms with E-state index in [0.717, 1.165) is 5.56 Å². The van der Waals surface area contributed by atoms with Crippen LogP contribution in [0.15, 0.2) is 29.0 Å². The van der Waals surface area contributed by atoms with Gasteiger partial charge in [-0.05, 0) is 55.9 Å². The Hall–Kier alpha value is -1.84. The van der Waals surface area contributed by atoms with Gasteiger partial charge in [0.05, 0.1) is 0 Å². The molecule has 1 N–H and O–H groups in total. The zero-order valence-corrected chi connectivity index (χ0v) is 11.6. The molecule has 1 fully saturated rings. The van der Waals surface area contributed by atoms with Gasteiger partial charge in [0, 0.05) is 17.3 Å². The van der Waals surface area contributed by atoms with Gasteiger partial charge < -0.3 is 9.73 Å². The van der Waals surface area contributed by atoms with E-state index in [1.807, 2.05) is 6.07 Å². The average molecular weight is 257 g/mol. The Balaban J connectivity index is 1.80. The molecule has 2 aromatic rings. The molecule has 0 aliphatic heterocycles. The van der Waals surface area contributed by atoms with Crippen LogP contribution >= 0.6 is 0 Å². The van der Waals surface area contributed by atoms with Crippen LogP contribution in [0.2, 0.25) is 0 Å². The van der Waals surface area contributed by atoms with E-state index in [4.69, 9.17) is 4.42 Å². The third-order valence-electron chi connectivity index (χ3n) is 4.29. The zero-order valence-electron chi connectivity index (χ0n) is 11.6. The summed E-state index contributed by atoms with van der Waals surface area (Å²) in [5.41, 5.74) is 3.82. The van der Waals surface area contributed by atoms with Crippen LogP contribution < -0.4 is 5.32 Å². The second kappa shape index (κ2) is 4.37. The van der Waals surface area contributed by atoms with E-state index in [-0.39, 0.29) is 0 Å². The van der Waals surface area contributed by atoms with Crippen LogP contribution in [0, 0.1) is 12.3 Å². The second-order valence-electron chi connectivity index (χ2n) is 5.79. The molecule has 19 heavy (non-hydrogen) atoms. The van der Waals surface area contributed by atoms with Crippen molar-refractivity contribution in [2.24, 2.45) is 5.41 Å². The van der Waals surface area contributed by atoms with Crippen molar-refractivity contribution in [2.45, 2.75) is 39.7 Å². The topological polar surface area (TPSA) is 51.0 Å². The molecule has 0 bridgehead atoms. The van der Waals surface area contributed by atoms with Gasteiger partial charge in [0.2, 0.25) is 12.3 Å². The summed E-state index contributed by atoms with van der Waals surface area (Å²) in [5.74, 6) is 0.567. The van der Waals surface area contributed by atoms with Crippen LogP contribution in [0.5, 0.6) is 0 Å². The van der Waals surface area contributed by atoms with Crippen molar-refractivity contribution in [3.63, 3.8) is 0 Å². The third-order valence-corrected chi connectivity index (χ3v) is 4.29. The number of aromatic nitrogens is 2. The molecule has 1 aromatic carbocycles. The first-order chi connectivity index (χ1) is 9.08. The molecule has 1 heterocycles. The van der Waals surface area contributed by atoms with Crippen molar-refractivity contribution < 1.29 is 4.42 Å². The van der Waals surface area contributed by atoms with E-state index in [2.05, 4.69) is 48.4 Å². The highest BCUT2D eigenvalue weighted by Gasteiger charge is 2.42. The summed E-state index contributed by atoms with van der Waals surface area (Å²) in [6, 6.07) is 6.69. The van der Waals surface area contributed by atoms with E-state index in [0.29, 0.717) is 17.3 Å². The fourth-order valence-corrected chi connectivity index (χ4v) is 2.30. The molecule has 1 unspecified atom stereocenters. The lowest BCUT2D eigenvalue weighted by Gasteiger charge is -2.23. The van der Waals surface area contributed by atoms with E-state index in [9.17, 15) is 0 Å². The number of anilines is 1. The molecule has 0 spiro atoms. The summed E-state index contributed by atoms with van der Waals surface area (Å²) in [6.07, 6.45) is 3.99. The molecule has 0 amide bonds. The second-order valence-corrected chi connectivity index (χ2v) is 5.79. The van der Waals surface area contributed by atoms with Gasteiger partial charge in [0.25, 0.3) is 0 Å². The van der Waals surface area contributed by atoms with Crippen LogP contribution in [-0.2, 0) is 0 Å². The minimum absolute atomic E-state index is 0.470. The van der Waals surface area contributed by atoms with Gasteiger partial charge in [0.15, 0.2) is 0 Å². The molecule has 1 aliphatic carbocycles. The highest BCUT2D eigenvalue weighted by molar-refractivity contribution is 5.62. The summed E-state index contributed by atoms with van der Waals surface area (Å²) < 4.78 is 5.22. The van der Waals surface area contributed by atoms with Gasteiger partial charge in [-0.15, -0.1) is 10.2 Å². The molecule has 3 rings (SSSR count). The normalized spacial score (nSPS) is 18.1. The summed E-state index contributed by atoms with van der Waals surface area (Å²) in [6.45, 7) is 6.70. The Morgan fingerprint density at radius 2 is 2.16 bits per heavy atom. The first-order valence-corrected chi connectivity index (χ1v) is 6.72. The highest BCUT2D eigenvalue weighted by Crippen LogP contribution is 2.49. The smallest absolute Gasteiger partial charge is 0.247 e. The van der Waals surface area contributed by atoms with E-state index in [1.165, 1.54) is 30.5 Å². The van der Waals surface area contributed by atoms with Crippen LogP contribution in [0.4, 0.5) is 5.69 Å². The molecule has 1 atom stereocenters. The molecule has 100 valence electrons. The average Bonchev–Trinajstić information content (AvgIpc) is 2.94. The molecule has 1 aromatic heterocycles. The Bertz CT molecular complexity index is 573. The Kier molecular flexibility index (Phi) is 2.81. The zero-order chi connectivity index (χ0) is 13.5. The van der Waals surface area contributed by atoms with E-state index < -0.39 is 0 Å². The standard InChI is InChI=1S/C15H19N3O/c1-10-8-12(14-18-16-9-19-14)4-5-13(10)17-11(2)15(3)6-7-15/h4-5,8-9,11,17H,6-7H2,1-3H3. The van der Waals surface area contributed by atoms with Crippen LogP contribution in [-0.4, -0.2) is 16.2 Å². The van der Waals surface area contributed by atoms with Gasteiger partial charge >= 0.3 is 0 Å². The van der Waals surface area contributed by atoms with Gasteiger partial charge in [-0.25, -0.2) is 0 Å². The Morgan fingerprint density at radius 1 is 1.37 bits per heavy atom. The Labute approximate surface area is 113 Å². The summed E-state index contributed by atoms with van der Waals surface area (Å²) in [4.78, 5) is 0. The van der Waals surface area contributed by atoms with Gasteiger partial charge in [-0.2, -0.15) is 0 Å². The summed E-state index contributed by atoms with van der Waals surface area (Å²) >= 11 is 0. The quantitative estimate of drug-likeness (QED) is 0.908. The molecule has 4 nitrogen and oxygen atoms in total. The van der Waals surface area contributed by atoms with E-state index >= 15 is 0 Å². The molecule has 0 radical (unpaired) electrons. The third kappa shape index (κ3) is 2.35. The lowest BCUT2D eigenvalue weighted by atomic mass is 9.99.